The molecule has 2 aromatic heterocycles. The SMILES string of the molecule is N#Cc1cccc(C(=O)NCC2Cn3nnc(-c4ccoc4)c3CO2)c1. The first-order chi connectivity index (χ1) is 12.7. The number of furan rings is 1. The van der Waals surface area contributed by atoms with Crippen molar-refractivity contribution in [1.29, 1.82) is 5.26 Å². The monoisotopic (exact) mass is 349 g/mol. The van der Waals surface area contributed by atoms with Gasteiger partial charge in [-0.05, 0) is 24.3 Å². The van der Waals surface area contributed by atoms with Crippen LogP contribution in [0, 0.1) is 11.3 Å². The van der Waals surface area contributed by atoms with E-state index in [0.717, 1.165) is 17.0 Å². The number of amides is 1. The van der Waals surface area contributed by atoms with Crippen molar-refractivity contribution in [3.05, 3.63) is 59.7 Å². The molecule has 4 rings (SSSR count). The standard InChI is InChI=1S/C18H15N5O3/c19-7-12-2-1-3-13(6-12)18(24)20-8-15-9-23-16(11-26-15)17(21-22-23)14-4-5-25-10-14/h1-6,10,15H,8-9,11H2,(H,20,24). The van der Waals surface area contributed by atoms with Crippen LogP contribution < -0.4 is 5.32 Å². The highest BCUT2D eigenvalue weighted by atomic mass is 16.5. The van der Waals surface area contributed by atoms with E-state index in [9.17, 15) is 4.79 Å². The fourth-order valence-electron chi connectivity index (χ4n) is 2.85. The number of carbonyl (C=O) groups excluding carboxylic acids is 1. The second-order valence-electron chi connectivity index (χ2n) is 5.91. The van der Waals surface area contributed by atoms with Gasteiger partial charge in [-0.3, -0.25) is 4.79 Å². The molecule has 8 nitrogen and oxygen atoms in total. The maximum absolute atomic E-state index is 12.2. The number of aromatic nitrogens is 3. The molecule has 1 aliphatic heterocycles. The van der Waals surface area contributed by atoms with Gasteiger partial charge in [0.15, 0.2) is 0 Å². The smallest absolute Gasteiger partial charge is 0.251 e. The molecule has 0 saturated carbocycles. The summed E-state index contributed by atoms with van der Waals surface area (Å²) < 4.78 is 12.7. The van der Waals surface area contributed by atoms with Gasteiger partial charge >= 0.3 is 0 Å². The number of nitriles is 1. The molecule has 0 spiro atoms. The fourth-order valence-corrected chi connectivity index (χ4v) is 2.85. The Kier molecular flexibility index (Phi) is 4.21. The lowest BCUT2D eigenvalue weighted by molar-refractivity contribution is 0.00177. The molecule has 1 amide bonds. The van der Waals surface area contributed by atoms with Gasteiger partial charge in [-0.15, -0.1) is 5.10 Å². The van der Waals surface area contributed by atoms with Gasteiger partial charge < -0.3 is 14.5 Å². The summed E-state index contributed by atoms with van der Waals surface area (Å²) in [6.07, 6.45) is 3.00. The lowest BCUT2D eigenvalue weighted by Crippen LogP contribution is -2.39. The third kappa shape index (κ3) is 3.08. The first kappa shape index (κ1) is 16.1. The van der Waals surface area contributed by atoms with Gasteiger partial charge in [-0.25, -0.2) is 4.68 Å². The number of hydrogen-bond donors (Lipinski definition) is 1. The van der Waals surface area contributed by atoms with Crippen molar-refractivity contribution in [2.45, 2.75) is 19.3 Å². The molecule has 3 heterocycles. The van der Waals surface area contributed by atoms with Gasteiger partial charge in [-0.1, -0.05) is 11.3 Å². The van der Waals surface area contributed by atoms with E-state index in [4.69, 9.17) is 14.4 Å². The number of hydrogen-bond acceptors (Lipinski definition) is 6. The second kappa shape index (κ2) is 6.82. The zero-order chi connectivity index (χ0) is 17.9. The quantitative estimate of drug-likeness (QED) is 0.769. The van der Waals surface area contributed by atoms with Gasteiger partial charge in [0.05, 0.1) is 49.1 Å². The van der Waals surface area contributed by atoms with Crippen LogP contribution in [0.2, 0.25) is 0 Å². The van der Waals surface area contributed by atoms with Crippen LogP contribution in [0.1, 0.15) is 21.6 Å². The maximum Gasteiger partial charge on any atom is 0.251 e. The predicted molar refractivity (Wildman–Crippen MR) is 89.8 cm³/mol. The Morgan fingerprint density at radius 2 is 2.35 bits per heavy atom. The summed E-state index contributed by atoms with van der Waals surface area (Å²) in [4.78, 5) is 12.2. The van der Waals surface area contributed by atoms with E-state index in [-0.39, 0.29) is 12.0 Å². The molecule has 130 valence electrons. The van der Waals surface area contributed by atoms with Gasteiger partial charge in [0.2, 0.25) is 0 Å². The van der Waals surface area contributed by atoms with Gasteiger partial charge in [0.25, 0.3) is 5.91 Å². The minimum atomic E-state index is -0.242. The molecule has 0 fully saturated rings. The molecular formula is C18H15N5O3. The average molecular weight is 349 g/mol. The Bertz CT molecular complexity index is 971. The van der Waals surface area contributed by atoms with Crippen LogP contribution in [0.15, 0.2) is 47.3 Å². The highest BCUT2D eigenvalue weighted by molar-refractivity contribution is 5.94. The first-order valence-electron chi connectivity index (χ1n) is 8.09. The van der Waals surface area contributed by atoms with Crippen LogP contribution >= 0.6 is 0 Å². The van der Waals surface area contributed by atoms with Crippen LogP contribution in [-0.2, 0) is 17.9 Å². The van der Waals surface area contributed by atoms with Crippen LogP contribution in [0.4, 0.5) is 0 Å². The Labute approximate surface area is 149 Å². The van der Waals surface area contributed by atoms with Crippen LogP contribution in [0.25, 0.3) is 11.3 Å². The average Bonchev–Trinajstić information content (AvgIpc) is 3.35. The lowest BCUT2D eigenvalue weighted by atomic mass is 10.1. The number of nitrogens with one attached hydrogen (secondary N) is 1. The van der Waals surface area contributed by atoms with Crippen molar-refractivity contribution >= 4 is 5.91 Å². The van der Waals surface area contributed by atoms with Crippen molar-refractivity contribution in [2.75, 3.05) is 6.54 Å². The minimum Gasteiger partial charge on any atom is -0.472 e. The Hall–Kier alpha value is -3.44. The summed E-state index contributed by atoms with van der Waals surface area (Å²) in [5.41, 5.74) is 3.39. The number of ether oxygens (including phenoxy) is 1. The largest absolute Gasteiger partial charge is 0.472 e. The highest BCUT2D eigenvalue weighted by Gasteiger charge is 2.25. The third-order valence-corrected chi connectivity index (χ3v) is 4.21. The fraction of sp³-hybridized carbons (Fsp3) is 0.222. The topological polar surface area (TPSA) is 106 Å². The van der Waals surface area contributed by atoms with E-state index in [0.29, 0.717) is 30.8 Å². The Balaban J connectivity index is 1.39. The molecule has 1 atom stereocenters. The first-order valence-corrected chi connectivity index (χ1v) is 8.09. The number of fused-ring (bicyclic) bond motifs is 1. The van der Waals surface area contributed by atoms with Gasteiger partial charge in [0, 0.05) is 17.7 Å². The zero-order valence-corrected chi connectivity index (χ0v) is 13.8. The van der Waals surface area contributed by atoms with Crippen molar-refractivity contribution in [2.24, 2.45) is 0 Å². The van der Waals surface area contributed by atoms with Crippen molar-refractivity contribution in [1.82, 2.24) is 20.3 Å². The maximum atomic E-state index is 12.2. The molecule has 3 aromatic rings. The molecule has 0 bridgehead atoms. The van der Waals surface area contributed by atoms with E-state index in [1.807, 2.05) is 12.1 Å². The molecule has 1 aliphatic rings. The van der Waals surface area contributed by atoms with Crippen molar-refractivity contribution < 1.29 is 13.9 Å². The summed E-state index contributed by atoms with van der Waals surface area (Å²) in [5.74, 6) is -0.242. The van der Waals surface area contributed by atoms with E-state index < -0.39 is 0 Å². The van der Waals surface area contributed by atoms with E-state index in [2.05, 4.69) is 15.6 Å². The van der Waals surface area contributed by atoms with Crippen LogP contribution in [0.3, 0.4) is 0 Å². The molecule has 8 heteroatoms. The van der Waals surface area contributed by atoms with Gasteiger partial charge in [0.1, 0.15) is 5.69 Å². The van der Waals surface area contributed by atoms with Crippen LogP contribution in [0.5, 0.6) is 0 Å². The lowest BCUT2D eigenvalue weighted by Gasteiger charge is -2.24. The molecule has 0 aliphatic carbocycles. The van der Waals surface area contributed by atoms with E-state index in [1.165, 1.54) is 0 Å². The summed E-state index contributed by atoms with van der Waals surface area (Å²) in [5, 5.41) is 20.1. The highest BCUT2D eigenvalue weighted by Crippen LogP contribution is 2.25. The molecule has 26 heavy (non-hydrogen) atoms. The van der Waals surface area contributed by atoms with Crippen molar-refractivity contribution in [3.8, 4) is 17.3 Å². The predicted octanol–water partition coefficient (Wildman–Crippen LogP) is 1.74. The molecule has 0 saturated heterocycles. The normalized spacial score (nSPS) is 15.9. The second-order valence-corrected chi connectivity index (χ2v) is 5.91. The summed E-state index contributed by atoms with van der Waals surface area (Å²) in [6, 6.07) is 10.4. The molecule has 0 radical (unpaired) electrons. The zero-order valence-electron chi connectivity index (χ0n) is 13.8. The number of carbonyl (C=O) groups is 1. The van der Waals surface area contributed by atoms with Crippen LogP contribution in [-0.4, -0.2) is 33.5 Å². The summed E-state index contributed by atoms with van der Waals surface area (Å²) in [6.45, 7) is 1.20. The van der Waals surface area contributed by atoms with E-state index in [1.54, 1.807) is 41.5 Å². The van der Waals surface area contributed by atoms with E-state index >= 15 is 0 Å². The number of benzene rings is 1. The minimum absolute atomic E-state index is 0.204. The molecule has 1 unspecified atom stereocenters. The Morgan fingerprint density at radius 3 is 3.15 bits per heavy atom. The summed E-state index contributed by atoms with van der Waals surface area (Å²) in [7, 11) is 0. The molecule has 1 aromatic carbocycles. The summed E-state index contributed by atoms with van der Waals surface area (Å²) >= 11 is 0. The Morgan fingerprint density at radius 1 is 1.42 bits per heavy atom. The molecule has 1 N–H and O–H groups in total. The number of rotatable bonds is 4. The van der Waals surface area contributed by atoms with Crippen molar-refractivity contribution in [3.63, 3.8) is 0 Å². The third-order valence-electron chi connectivity index (χ3n) is 4.21. The number of nitrogens with zero attached hydrogens (tertiary/aromatic N) is 4. The van der Waals surface area contributed by atoms with Gasteiger partial charge in [-0.2, -0.15) is 5.26 Å². The molecular weight excluding hydrogens is 334 g/mol.